The Hall–Kier alpha value is -4.75. The van der Waals surface area contributed by atoms with Gasteiger partial charge in [-0.1, -0.05) is 0 Å². The van der Waals surface area contributed by atoms with Crippen molar-refractivity contribution < 1.29 is 44.3 Å². The van der Waals surface area contributed by atoms with Gasteiger partial charge in [-0.05, 0) is 69.2 Å². The lowest BCUT2D eigenvalue weighted by atomic mass is 9.91. The van der Waals surface area contributed by atoms with E-state index in [0.717, 1.165) is 0 Å². The smallest absolute Gasteiger partial charge is 0.317 e. The molecule has 1 aliphatic carbocycles. The highest BCUT2D eigenvalue weighted by Crippen LogP contribution is 2.35. The number of carbonyl (C=O) groups excluding carboxylic acids is 3. The van der Waals surface area contributed by atoms with Crippen LogP contribution in [0.15, 0.2) is 12.7 Å². The molecule has 9 atom stereocenters. The summed E-state index contributed by atoms with van der Waals surface area (Å²) >= 11 is 12.6. The lowest BCUT2D eigenvalue weighted by molar-refractivity contribution is -0.138. The molecule has 4 aromatic rings. The van der Waals surface area contributed by atoms with Gasteiger partial charge in [0.25, 0.3) is 11.8 Å². The first-order valence-electron chi connectivity index (χ1n) is 19.8. The number of urea groups is 1. The summed E-state index contributed by atoms with van der Waals surface area (Å²) in [5.74, 6) is -0.410. The standard InChI is InChI=1S/C35H46Cl2N14O9/c1-3-38-29(56)23-19(52)21(54)31(59-23)50-12-40-17-25(45-33(36)47-27(17)50)42-14-5-7-15(8-6-14)44-35(58)49-10-9-16(11-49)43-26-18-28(48-34(37)46-26)51(13-41-18)32-22(55)20(53)24(60-32)30(57)39-4-2/h12-16,19-24,31-32,52-55H,3-11H2,1-2H3,(H,38,56)(H,39,57)(H,44,58)(H,42,45,47)(H,43,46,48)/t14-,15-,16-,19+,20+,21-,22-,23+,24+,31-,32-/m1/s1. The van der Waals surface area contributed by atoms with Crippen LogP contribution in [0.5, 0.6) is 0 Å². The van der Waals surface area contributed by atoms with Crippen LogP contribution in [-0.2, 0) is 19.1 Å². The molecular weight excluding hydrogens is 831 g/mol. The summed E-state index contributed by atoms with van der Waals surface area (Å²) in [6.07, 6.45) is -4.55. The fraction of sp³-hybridized carbons (Fsp3) is 0.629. The zero-order chi connectivity index (χ0) is 42.4. The molecule has 0 bridgehead atoms. The summed E-state index contributed by atoms with van der Waals surface area (Å²) in [6.45, 7) is 4.98. The van der Waals surface area contributed by atoms with E-state index in [9.17, 15) is 34.8 Å². The van der Waals surface area contributed by atoms with Gasteiger partial charge >= 0.3 is 6.03 Å². The Morgan fingerprint density at radius 2 is 1.15 bits per heavy atom. The van der Waals surface area contributed by atoms with Gasteiger partial charge < -0.3 is 61.4 Å². The van der Waals surface area contributed by atoms with Crippen molar-refractivity contribution in [2.45, 2.75) is 113 Å². The topological polar surface area (TPSA) is 301 Å². The van der Waals surface area contributed by atoms with Crippen molar-refractivity contribution in [3.05, 3.63) is 23.2 Å². The normalized spacial score (nSPS) is 30.5. The van der Waals surface area contributed by atoms with Crippen LogP contribution in [0.2, 0.25) is 10.6 Å². The van der Waals surface area contributed by atoms with E-state index in [4.69, 9.17) is 32.7 Å². The fourth-order valence-corrected chi connectivity index (χ4v) is 8.54. The van der Waals surface area contributed by atoms with Crippen LogP contribution < -0.4 is 26.6 Å². The van der Waals surface area contributed by atoms with E-state index in [1.807, 2.05) is 0 Å². The minimum atomic E-state index is -1.48. The number of nitrogens with one attached hydrogen (secondary N) is 5. The van der Waals surface area contributed by atoms with Crippen molar-refractivity contribution in [2.75, 3.05) is 36.8 Å². The van der Waals surface area contributed by atoms with Crippen LogP contribution in [0.25, 0.3) is 22.3 Å². The SMILES string of the molecule is CCNC(=O)[C@H]1O[C@@H](n2cnc3c(N[C@@H]4CCN(C(=O)N[C@H]5CC[C@H](Nc6nc(Cl)nc7c6ncn7[C@@H]6O[C@H](C(=O)NCC)[C@@H](O)[C@H]6O)CC5)C4)nc(Cl)nc32)[C@H](O)[C@@H]1O. The summed E-state index contributed by atoms with van der Waals surface area (Å²) < 4.78 is 14.3. The van der Waals surface area contributed by atoms with E-state index in [1.54, 1.807) is 18.7 Å². The molecule has 0 radical (unpaired) electrons. The summed E-state index contributed by atoms with van der Waals surface area (Å²) in [5.41, 5.74) is 1.16. The van der Waals surface area contributed by atoms with Crippen LogP contribution in [0.1, 0.15) is 58.4 Å². The minimum absolute atomic E-state index is 0.0226. The second-order valence-corrected chi connectivity index (χ2v) is 15.9. The molecule has 7 heterocycles. The van der Waals surface area contributed by atoms with Crippen LogP contribution in [0.3, 0.4) is 0 Å². The van der Waals surface area contributed by atoms with Gasteiger partial charge in [0.2, 0.25) is 10.6 Å². The monoisotopic (exact) mass is 876 g/mol. The number of carbonyl (C=O) groups is 3. The maximum atomic E-state index is 13.4. The zero-order valence-corrected chi connectivity index (χ0v) is 34.0. The molecule has 1 saturated carbocycles. The molecule has 4 fully saturated rings. The molecule has 0 aromatic carbocycles. The van der Waals surface area contributed by atoms with Crippen LogP contribution in [-0.4, -0.2) is 163 Å². The highest BCUT2D eigenvalue weighted by Gasteiger charge is 2.49. The van der Waals surface area contributed by atoms with E-state index in [-0.39, 0.29) is 46.0 Å². The Morgan fingerprint density at radius 3 is 1.63 bits per heavy atom. The average Bonchev–Trinajstić information content (AvgIpc) is 4.05. The molecule has 3 saturated heterocycles. The molecule has 4 amide bonds. The molecule has 60 heavy (non-hydrogen) atoms. The third-order valence-corrected chi connectivity index (χ3v) is 11.6. The van der Waals surface area contributed by atoms with E-state index >= 15 is 0 Å². The first kappa shape index (κ1) is 42.0. The molecule has 8 rings (SSSR count). The molecule has 25 heteroatoms. The fourth-order valence-electron chi connectivity index (χ4n) is 8.21. The van der Waals surface area contributed by atoms with Gasteiger partial charge in [-0.25, -0.2) is 14.8 Å². The number of halogens is 2. The van der Waals surface area contributed by atoms with Crippen molar-refractivity contribution in [1.29, 1.82) is 0 Å². The number of aromatic nitrogens is 8. The highest BCUT2D eigenvalue weighted by molar-refractivity contribution is 6.29. The number of likely N-dealkylation sites (tertiary alicyclic amines) is 1. The number of ether oxygens (including phenoxy) is 2. The quantitative estimate of drug-likeness (QED) is 0.0850. The number of aliphatic hydroxyl groups is 4. The largest absolute Gasteiger partial charge is 0.387 e. The molecule has 0 spiro atoms. The third kappa shape index (κ3) is 8.07. The summed E-state index contributed by atoms with van der Waals surface area (Å²) in [6, 6.07) is -0.470. The first-order valence-corrected chi connectivity index (χ1v) is 20.6. The number of anilines is 2. The average molecular weight is 878 g/mol. The number of rotatable bonds is 11. The lowest BCUT2D eigenvalue weighted by Gasteiger charge is -2.31. The number of imidazole rings is 2. The number of amides is 4. The van der Waals surface area contributed by atoms with Gasteiger partial charge in [-0.2, -0.15) is 19.9 Å². The Labute approximate surface area is 351 Å². The second kappa shape index (κ2) is 17.3. The molecule has 4 aromatic heterocycles. The number of nitrogens with zero attached hydrogens (tertiary/aromatic N) is 9. The zero-order valence-electron chi connectivity index (χ0n) is 32.5. The Bertz CT molecular complexity index is 2240. The lowest BCUT2D eigenvalue weighted by Crippen LogP contribution is -2.46. The molecule has 9 N–H and O–H groups in total. The van der Waals surface area contributed by atoms with Crippen LogP contribution >= 0.6 is 23.2 Å². The van der Waals surface area contributed by atoms with E-state index in [1.165, 1.54) is 21.8 Å². The van der Waals surface area contributed by atoms with E-state index < -0.39 is 60.9 Å². The van der Waals surface area contributed by atoms with Gasteiger partial charge in [-0.3, -0.25) is 18.7 Å². The van der Waals surface area contributed by atoms with Crippen molar-refractivity contribution in [3.63, 3.8) is 0 Å². The maximum Gasteiger partial charge on any atom is 0.317 e. The van der Waals surface area contributed by atoms with Gasteiger partial charge in [0.05, 0.1) is 12.7 Å². The van der Waals surface area contributed by atoms with Crippen molar-refractivity contribution in [1.82, 2.24) is 59.9 Å². The highest BCUT2D eigenvalue weighted by atomic mass is 35.5. The number of fused-ring (bicyclic) bond motifs is 2. The Kier molecular flexibility index (Phi) is 12.1. The number of aliphatic hydroxyl groups excluding tert-OH is 4. The molecule has 0 unspecified atom stereocenters. The van der Waals surface area contributed by atoms with Gasteiger partial charge in [0.1, 0.15) is 24.4 Å². The summed E-state index contributed by atoms with van der Waals surface area (Å²) in [5, 5.41) is 57.5. The molecule has 4 aliphatic rings. The van der Waals surface area contributed by atoms with Crippen molar-refractivity contribution in [2.24, 2.45) is 0 Å². The van der Waals surface area contributed by atoms with E-state index in [0.29, 0.717) is 81.0 Å². The van der Waals surface area contributed by atoms with Crippen molar-refractivity contribution >= 4 is 75.0 Å². The number of likely N-dealkylation sites (N-methyl/N-ethyl adjacent to an activating group) is 2. The van der Waals surface area contributed by atoms with Crippen molar-refractivity contribution in [3.8, 4) is 0 Å². The van der Waals surface area contributed by atoms with Crippen LogP contribution in [0, 0.1) is 0 Å². The third-order valence-electron chi connectivity index (χ3n) is 11.2. The summed E-state index contributed by atoms with van der Waals surface area (Å²) in [4.78, 5) is 66.1. The first-order chi connectivity index (χ1) is 28.8. The maximum absolute atomic E-state index is 13.4. The number of hydrogen-bond acceptors (Lipinski definition) is 17. The van der Waals surface area contributed by atoms with Gasteiger partial charge in [-0.15, -0.1) is 0 Å². The Morgan fingerprint density at radius 1 is 0.683 bits per heavy atom. The molecule has 23 nitrogen and oxygen atoms in total. The van der Waals surface area contributed by atoms with Gasteiger partial charge in [0.15, 0.2) is 58.6 Å². The molecular formula is C35H46Cl2N14O9. The van der Waals surface area contributed by atoms with Gasteiger partial charge in [0, 0.05) is 44.3 Å². The molecule has 324 valence electrons. The van der Waals surface area contributed by atoms with Crippen LogP contribution in [0.4, 0.5) is 16.4 Å². The predicted octanol–water partition coefficient (Wildman–Crippen LogP) is -0.597. The minimum Gasteiger partial charge on any atom is -0.387 e. The second-order valence-electron chi connectivity index (χ2n) is 15.2. The summed E-state index contributed by atoms with van der Waals surface area (Å²) in [7, 11) is 0. The predicted molar refractivity (Wildman–Crippen MR) is 212 cm³/mol. The van der Waals surface area contributed by atoms with E-state index in [2.05, 4.69) is 56.5 Å². The Balaban J connectivity index is 0.849. The number of hydrogen-bond donors (Lipinski definition) is 9. The molecule has 3 aliphatic heterocycles.